The minimum atomic E-state index is 0.710. The summed E-state index contributed by atoms with van der Waals surface area (Å²) in [5, 5.41) is 11.0. The third kappa shape index (κ3) is 2.36. The number of aromatic nitrogens is 5. The molecule has 0 unspecified atom stereocenters. The van der Waals surface area contributed by atoms with Gasteiger partial charge in [-0.2, -0.15) is 9.78 Å². The van der Waals surface area contributed by atoms with Crippen molar-refractivity contribution >= 4 is 33.3 Å². The first-order valence-electron chi connectivity index (χ1n) is 8.25. The Kier molecular flexibility index (Phi) is 3.31. The third-order valence-corrected chi connectivity index (χ3v) is 4.27. The molecule has 0 amide bonds. The Morgan fingerprint density at radius 3 is 2.58 bits per heavy atom. The predicted molar refractivity (Wildman–Crippen MR) is 102 cm³/mol. The lowest BCUT2D eigenvalue weighted by molar-refractivity contribution is 0.861. The number of hydrogen-bond donors (Lipinski definition) is 1. The van der Waals surface area contributed by atoms with Crippen LogP contribution in [0.1, 0.15) is 0 Å². The smallest absolute Gasteiger partial charge is 0.170 e. The van der Waals surface area contributed by atoms with Gasteiger partial charge in [0.1, 0.15) is 12.1 Å². The second-order valence-corrected chi connectivity index (χ2v) is 5.86. The molecule has 0 fully saturated rings. The predicted octanol–water partition coefficient (Wildman–Crippen LogP) is 4.11. The molecule has 6 nitrogen and oxygen atoms in total. The zero-order valence-corrected chi connectivity index (χ0v) is 13.7. The average molecular weight is 338 g/mol. The van der Waals surface area contributed by atoms with E-state index in [9.17, 15) is 0 Å². The van der Waals surface area contributed by atoms with Gasteiger partial charge in [-0.1, -0.05) is 42.5 Å². The zero-order valence-electron chi connectivity index (χ0n) is 13.7. The summed E-state index contributed by atoms with van der Waals surface area (Å²) in [6, 6.07) is 20.1. The van der Waals surface area contributed by atoms with Crippen LogP contribution >= 0.6 is 0 Å². The number of anilines is 2. The first kappa shape index (κ1) is 14.5. The molecule has 0 aliphatic rings. The summed E-state index contributed by atoms with van der Waals surface area (Å²) in [6.45, 7) is 0. The Balaban J connectivity index is 1.63. The van der Waals surface area contributed by atoms with Gasteiger partial charge in [0.05, 0.1) is 11.6 Å². The molecule has 0 aliphatic carbocycles. The summed E-state index contributed by atoms with van der Waals surface area (Å²) in [6.07, 6.45) is 5.04. The maximum absolute atomic E-state index is 4.44. The molecule has 0 aliphatic heterocycles. The van der Waals surface area contributed by atoms with Gasteiger partial charge in [0.15, 0.2) is 11.5 Å². The number of fused-ring (bicyclic) bond motifs is 2. The van der Waals surface area contributed by atoms with E-state index in [2.05, 4.69) is 43.6 Å². The lowest BCUT2D eigenvalue weighted by atomic mass is 10.1. The maximum Gasteiger partial charge on any atom is 0.170 e. The third-order valence-electron chi connectivity index (χ3n) is 4.27. The lowest BCUT2D eigenvalue weighted by Crippen LogP contribution is -2.01. The van der Waals surface area contributed by atoms with E-state index in [1.54, 1.807) is 17.1 Å². The molecule has 124 valence electrons. The topological polar surface area (TPSA) is 68.5 Å². The molecule has 0 saturated carbocycles. The molecule has 3 heterocycles. The summed E-state index contributed by atoms with van der Waals surface area (Å²) in [4.78, 5) is 13.2. The highest BCUT2D eigenvalue weighted by molar-refractivity contribution is 5.98. The highest BCUT2D eigenvalue weighted by atomic mass is 15.3. The molecule has 0 atom stereocenters. The number of benzene rings is 2. The minimum absolute atomic E-state index is 0.710. The molecule has 0 saturated heterocycles. The van der Waals surface area contributed by atoms with Gasteiger partial charge in [-0.3, -0.25) is 0 Å². The van der Waals surface area contributed by atoms with Crippen molar-refractivity contribution in [2.75, 3.05) is 5.32 Å². The van der Waals surface area contributed by atoms with Crippen LogP contribution in [0.25, 0.3) is 27.6 Å². The molecule has 5 rings (SSSR count). The van der Waals surface area contributed by atoms with Gasteiger partial charge >= 0.3 is 0 Å². The molecule has 2 aromatic carbocycles. The quantitative estimate of drug-likeness (QED) is 0.536. The van der Waals surface area contributed by atoms with Gasteiger partial charge < -0.3 is 5.32 Å². The highest BCUT2D eigenvalue weighted by Gasteiger charge is 2.12. The van der Waals surface area contributed by atoms with Crippen LogP contribution in [0.5, 0.6) is 0 Å². The fourth-order valence-electron chi connectivity index (χ4n) is 3.05. The summed E-state index contributed by atoms with van der Waals surface area (Å²) in [5.41, 5.74) is 1.70. The SMILES string of the molecule is c1ccc(-n2ncc3c(Nc4cccc5ccccc45)ncnc32)nc1. The summed E-state index contributed by atoms with van der Waals surface area (Å²) in [7, 11) is 0. The van der Waals surface area contributed by atoms with E-state index >= 15 is 0 Å². The standard InChI is InChI=1S/C20H14N6/c1-2-8-15-14(6-1)7-5-9-17(15)25-19-16-12-24-26(20(16)23-13-22-19)18-10-3-4-11-21-18/h1-13H,(H,22,23,25). The Labute approximate surface area is 149 Å². The monoisotopic (exact) mass is 338 g/mol. The summed E-state index contributed by atoms with van der Waals surface area (Å²) in [5.74, 6) is 1.44. The maximum atomic E-state index is 4.44. The Hall–Kier alpha value is -3.80. The van der Waals surface area contributed by atoms with Crippen molar-refractivity contribution in [1.82, 2.24) is 24.7 Å². The van der Waals surface area contributed by atoms with Gasteiger partial charge in [0.2, 0.25) is 0 Å². The number of hydrogen-bond acceptors (Lipinski definition) is 5. The molecule has 26 heavy (non-hydrogen) atoms. The molecule has 0 spiro atoms. The van der Waals surface area contributed by atoms with Crippen LogP contribution in [-0.4, -0.2) is 24.7 Å². The van der Waals surface area contributed by atoms with E-state index in [0.29, 0.717) is 11.5 Å². The highest BCUT2D eigenvalue weighted by Crippen LogP contribution is 2.28. The summed E-state index contributed by atoms with van der Waals surface area (Å²) >= 11 is 0. The number of pyridine rings is 1. The van der Waals surface area contributed by atoms with E-state index in [1.807, 2.05) is 42.5 Å². The Morgan fingerprint density at radius 1 is 0.769 bits per heavy atom. The molecule has 6 heteroatoms. The van der Waals surface area contributed by atoms with Crippen molar-refractivity contribution in [2.24, 2.45) is 0 Å². The molecular weight excluding hydrogens is 324 g/mol. The van der Waals surface area contributed by atoms with Crippen molar-refractivity contribution in [3.8, 4) is 5.82 Å². The van der Waals surface area contributed by atoms with Gasteiger partial charge in [-0.05, 0) is 23.6 Å². The molecule has 3 aromatic heterocycles. The van der Waals surface area contributed by atoms with Crippen LogP contribution in [0, 0.1) is 0 Å². The van der Waals surface area contributed by atoms with E-state index in [-0.39, 0.29) is 0 Å². The first-order chi connectivity index (χ1) is 12.9. The van der Waals surface area contributed by atoms with Crippen LogP contribution in [0.2, 0.25) is 0 Å². The molecule has 0 bridgehead atoms. The van der Waals surface area contributed by atoms with Gasteiger partial charge in [0.25, 0.3) is 0 Å². The number of nitrogens with zero attached hydrogens (tertiary/aromatic N) is 5. The van der Waals surface area contributed by atoms with Crippen LogP contribution in [0.15, 0.2) is 79.4 Å². The summed E-state index contributed by atoms with van der Waals surface area (Å²) < 4.78 is 1.71. The largest absolute Gasteiger partial charge is 0.339 e. The van der Waals surface area contributed by atoms with Crippen molar-refractivity contribution in [3.05, 3.63) is 79.4 Å². The second kappa shape index (κ2) is 5.93. The first-order valence-corrected chi connectivity index (χ1v) is 8.25. The van der Waals surface area contributed by atoms with Crippen molar-refractivity contribution < 1.29 is 0 Å². The fourth-order valence-corrected chi connectivity index (χ4v) is 3.05. The van der Waals surface area contributed by atoms with Crippen molar-refractivity contribution in [1.29, 1.82) is 0 Å². The zero-order chi connectivity index (χ0) is 17.3. The van der Waals surface area contributed by atoms with Crippen LogP contribution in [0.4, 0.5) is 11.5 Å². The van der Waals surface area contributed by atoms with Crippen molar-refractivity contribution in [2.45, 2.75) is 0 Å². The van der Waals surface area contributed by atoms with Gasteiger partial charge in [0, 0.05) is 17.3 Å². The van der Waals surface area contributed by atoms with Crippen LogP contribution in [0.3, 0.4) is 0 Å². The molecular formula is C20H14N6. The molecule has 0 radical (unpaired) electrons. The second-order valence-electron chi connectivity index (χ2n) is 5.86. The molecule has 1 N–H and O–H groups in total. The molecule has 5 aromatic rings. The average Bonchev–Trinajstić information content (AvgIpc) is 3.14. The Morgan fingerprint density at radius 2 is 1.65 bits per heavy atom. The van der Waals surface area contributed by atoms with E-state index in [0.717, 1.165) is 22.3 Å². The van der Waals surface area contributed by atoms with Crippen molar-refractivity contribution in [3.63, 3.8) is 0 Å². The Bertz CT molecular complexity index is 1210. The van der Waals surface area contributed by atoms with Gasteiger partial charge in [-0.25, -0.2) is 15.0 Å². The fraction of sp³-hybridized carbons (Fsp3) is 0. The van der Waals surface area contributed by atoms with E-state index in [1.165, 1.54) is 11.7 Å². The van der Waals surface area contributed by atoms with Crippen LogP contribution < -0.4 is 5.32 Å². The normalized spacial score (nSPS) is 11.1. The number of rotatable bonds is 3. The van der Waals surface area contributed by atoms with Crippen LogP contribution in [-0.2, 0) is 0 Å². The minimum Gasteiger partial charge on any atom is -0.339 e. The number of nitrogens with one attached hydrogen (secondary N) is 1. The van der Waals surface area contributed by atoms with E-state index < -0.39 is 0 Å². The van der Waals surface area contributed by atoms with Gasteiger partial charge in [-0.15, -0.1) is 0 Å². The van der Waals surface area contributed by atoms with E-state index in [4.69, 9.17) is 0 Å². The lowest BCUT2D eigenvalue weighted by Gasteiger charge is -2.09.